The third kappa shape index (κ3) is 4.83. The van der Waals surface area contributed by atoms with Gasteiger partial charge in [-0.15, -0.1) is 0 Å². The van der Waals surface area contributed by atoms with Gasteiger partial charge < -0.3 is 15.5 Å². The SMILES string of the molecule is N[C@@H]1CCN(c2nc(N3CCS(=O)(=NCC(F)F)c4ccccc4C3)nc3ccc(C(F)F)cc23)C1. The molecule has 0 radical (unpaired) electrons. The van der Waals surface area contributed by atoms with Gasteiger partial charge in [-0.2, -0.15) is 4.98 Å². The number of benzene rings is 2. The van der Waals surface area contributed by atoms with Gasteiger partial charge in [-0.3, -0.25) is 0 Å². The van der Waals surface area contributed by atoms with Crippen LogP contribution in [-0.2, 0) is 16.3 Å². The van der Waals surface area contributed by atoms with Crippen LogP contribution in [0.2, 0.25) is 0 Å². The molecule has 1 unspecified atom stereocenters. The van der Waals surface area contributed by atoms with Crippen LogP contribution in [0.5, 0.6) is 0 Å². The summed E-state index contributed by atoms with van der Waals surface area (Å²) >= 11 is 0. The highest BCUT2D eigenvalue weighted by Gasteiger charge is 2.28. The van der Waals surface area contributed by atoms with E-state index < -0.39 is 29.1 Å². The lowest BCUT2D eigenvalue weighted by molar-refractivity contribution is 0.151. The highest BCUT2D eigenvalue weighted by atomic mass is 32.2. The normalized spacial score (nSPS) is 22.4. The Morgan fingerprint density at radius 2 is 1.89 bits per heavy atom. The van der Waals surface area contributed by atoms with E-state index in [1.165, 1.54) is 12.1 Å². The van der Waals surface area contributed by atoms with E-state index in [1.54, 1.807) is 30.3 Å². The lowest BCUT2D eigenvalue weighted by Crippen LogP contribution is -2.30. The molecule has 0 saturated carbocycles. The van der Waals surface area contributed by atoms with Crippen molar-refractivity contribution in [2.75, 3.05) is 41.7 Å². The topological polar surface area (TPSA) is 87.7 Å². The molecule has 0 aliphatic carbocycles. The van der Waals surface area contributed by atoms with Gasteiger partial charge in [0.05, 0.1) is 25.9 Å². The summed E-state index contributed by atoms with van der Waals surface area (Å²) in [7, 11) is -3.08. The number of halogens is 4. The fourth-order valence-electron chi connectivity index (χ4n) is 4.67. The first-order chi connectivity index (χ1) is 17.2. The van der Waals surface area contributed by atoms with Crippen LogP contribution >= 0.6 is 0 Å². The van der Waals surface area contributed by atoms with E-state index in [-0.39, 0.29) is 23.9 Å². The number of aromatic nitrogens is 2. The summed E-state index contributed by atoms with van der Waals surface area (Å²) in [5.41, 5.74) is 7.18. The molecule has 7 nitrogen and oxygen atoms in total. The van der Waals surface area contributed by atoms with Gasteiger partial charge in [-0.25, -0.2) is 31.1 Å². The van der Waals surface area contributed by atoms with Gasteiger partial charge in [0.25, 0.3) is 12.9 Å². The fraction of sp³-hybridized carbons (Fsp3) is 0.417. The number of anilines is 2. The molecular weight excluding hydrogens is 496 g/mol. The van der Waals surface area contributed by atoms with Crippen LogP contribution in [0, 0.1) is 0 Å². The van der Waals surface area contributed by atoms with E-state index >= 15 is 0 Å². The Morgan fingerprint density at radius 3 is 2.61 bits per heavy atom. The molecule has 0 amide bonds. The van der Waals surface area contributed by atoms with Crippen LogP contribution in [0.1, 0.15) is 24.0 Å². The van der Waals surface area contributed by atoms with Crippen molar-refractivity contribution in [3.05, 3.63) is 53.6 Å². The van der Waals surface area contributed by atoms with Gasteiger partial charge in [0, 0.05) is 43.2 Å². The monoisotopic (exact) mass is 522 g/mol. The zero-order chi connectivity index (χ0) is 25.4. The number of alkyl halides is 4. The standard InChI is InChI=1S/C24H26F4N6OS/c25-21(26)12-30-36(35)10-9-34(13-16-3-1-2-4-20(16)36)24-31-19-6-5-15(22(27)28)11-18(19)23(32-24)33-8-7-17(29)14-33/h1-6,11,17,21-22H,7-10,12-14,29H2/t17-,36?/m1/s1. The minimum atomic E-state index is -3.08. The van der Waals surface area contributed by atoms with E-state index in [2.05, 4.69) is 9.35 Å². The van der Waals surface area contributed by atoms with Crippen molar-refractivity contribution in [3.8, 4) is 0 Å². The van der Waals surface area contributed by atoms with Crippen LogP contribution in [0.15, 0.2) is 51.7 Å². The molecular formula is C24H26F4N6OS. The Morgan fingerprint density at radius 1 is 1.08 bits per heavy atom. The zero-order valence-electron chi connectivity index (χ0n) is 19.4. The van der Waals surface area contributed by atoms with Crippen molar-refractivity contribution in [2.24, 2.45) is 10.1 Å². The predicted octanol–water partition coefficient (Wildman–Crippen LogP) is 4.22. The quantitative estimate of drug-likeness (QED) is 0.505. The maximum Gasteiger partial charge on any atom is 0.263 e. The zero-order valence-corrected chi connectivity index (χ0v) is 20.2. The molecule has 36 heavy (non-hydrogen) atoms. The summed E-state index contributed by atoms with van der Waals surface area (Å²) in [4.78, 5) is 13.7. The molecule has 3 aromatic rings. The van der Waals surface area contributed by atoms with E-state index in [0.717, 1.165) is 6.42 Å². The first-order valence-corrected chi connectivity index (χ1v) is 13.3. The molecule has 1 fully saturated rings. The number of nitrogens with two attached hydrogens (primary N) is 1. The molecule has 1 saturated heterocycles. The molecule has 2 aromatic carbocycles. The number of hydrogen-bond donors (Lipinski definition) is 1. The van der Waals surface area contributed by atoms with Crippen molar-refractivity contribution in [2.45, 2.75) is 36.8 Å². The molecule has 0 bridgehead atoms. The Labute approximate surface area is 206 Å². The number of fused-ring (bicyclic) bond motifs is 2. The molecule has 2 N–H and O–H groups in total. The van der Waals surface area contributed by atoms with E-state index in [1.807, 2.05) is 9.80 Å². The molecule has 5 rings (SSSR count). The number of hydrogen-bond acceptors (Lipinski definition) is 7. The molecule has 12 heteroatoms. The second kappa shape index (κ2) is 9.81. The number of rotatable bonds is 5. The average Bonchev–Trinajstić information content (AvgIpc) is 3.23. The van der Waals surface area contributed by atoms with Crippen molar-refractivity contribution < 1.29 is 21.8 Å². The highest BCUT2D eigenvalue weighted by molar-refractivity contribution is 7.93. The van der Waals surface area contributed by atoms with Crippen LogP contribution in [0.3, 0.4) is 0 Å². The van der Waals surface area contributed by atoms with Crippen molar-refractivity contribution >= 4 is 32.4 Å². The third-order valence-corrected chi connectivity index (χ3v) is 8.87. The van der Waals surface area contributed by atoms with Gasteiger partial charge in [0.15, 0.2) is 0 Å². The summed E-state index contributed by atoms with van der Waals surface area (Å²) in [5, 5.41) is 0.511. The molecule has 2 aliphatic rings. The lowest BCUT2D eigenvalue weighted by Gasteiger charge is -2.25. The van der Waals surface area contributed by atoms with Gasteiger partial charge >= 0.3 is 0 Å². The molecule has 1 aromatic heterocycles. The Hall–Kier alpha value is -2.99. The Kier molecular flexibility index (Phi) is 6.73. The van der Waals surface area contributed by atoms with Crippen LogP contribution in [-0.4, -0.2) is 58.6 Å². The minimum Gasteiger partial charge on any atom is -0.354 e. The molecule has 2 aliphatic heterocycles. The van der Waals surface area contributed by atoms with Crippen LogP contribution < -0.4 is 15.5 Å². The lowest BCUT2D eigenvalue weighted by atomic mass is 10.1. The maximum atomic E-state index is 13.7. The van der Waals surface area contributed by atoms with Crippen molar-refractivity contribution in [1.82, 2.24) is 9.97 Å². The third-order valence-electron chi connectivity index (χ3n) is 6.48. The van der Waals surface area contributed by atoms with Gasteiger partial charge in [0.1, 0.15) is 12.4 Å². The van der Waals surface area contributed by atoms with E-state index in [9.17, 15) is 21.8 Å². The molecule has 0 spiro atoms. The van der Waals surface area contributed by atoms with E-state index in [0.29, 0.717) is 52.8 Å². The average molecular weight is 523 g/mol. The Balaban J connectivity index is 1.60. The van der Waals surface area contributed by atoms with Gasteiger partial charge in [-0.05, 0) is 30.2 Å². The minimum absolute atomic E-state index is 0.0341. The van der Waals surface area contributed by atoms with Gasteiger partial charge in [0.2, 0.25) is 5.95 Å². The molecule has 192 valence electrons. The summed E-state index contributed by atoms with van der Waals surface area (Å²) in [6.45, 7) is 0.894. The largest absolute Gasteiger partial charge is 0.354 e. The molecule has 3 heterocycles. The smallest absolute Gasteiger partial charge is 0.263 e. The highest BCUT2D eigenvalue weighted by Crippen LogP contribution is 2.33. The second-order valence-electron chi connectivity index (χ2n) is 9.00. The van der Waals surface area contributed by atoms with Crippen molar-refractivity contribution in [1.29, 1.82) is 0 Å². The fourth-order valence-corrected chi connectivity index (χ4v) is 6.81. The maximum absolute atomic E-state index is 13.7. The Bertz CT molecular complexity index is 1390. The summed E-state index contributed by atoms with van der Waals surface area (Å²) < 4.78 is 70.3. The van der Waals surface area contributed by atoms with Crippen molar-refractivity contribution in [3.63, 3.8) is 0 Å². The predicted molar refractivity (Wildman–Crippen MR) is 131 cm³/mol. The van der Waals surface area contributed by atoms with Gasteiger partial charge in [-0.1, -0.05) is 24.3 Å². The summed E-state index contributed by atoms with van der Waals surface area (Å²) in [6.07, 6.45) is -4.57. The van der Waals surface area contributed by atoms with Crippen LogP contribution in [0.4, 0.5) is 29.3 Å². The van der Waals surface area contributed by atoms with E-state index in [4.69, 9.17) is 10.7 Å². The first kappa shape index (κ1) is 24.7. The first-order valence-electron chi connectivity index (χ1n) is 11.7. The summed E-state index contributed by atoms with van der Waals surface area (Å²) in [5.74, 6) is 0.896. The summed E-state index contributed by atoms with van der Waals surface area (Å²) in [6, 6.07) is 11.2. The molecule has 2 atom stereocenters. The van der Waals surface area contributed by atoms with Crippen LogP contribution in [0.25, 0.3) is 10.9 Å². The number of nitrogens with zero attached hydrogens (tertiary/aromatic N) is 5. The second-order valence-corrected chi connectivity index (χ2v) is 11.4.